The van der Waals surface area contributed by atoms with E-state index in [1.165, 1.54) is 18.2 Å². The summed E-state index contributed by atoms with van der Waals surface area (Å²) in [4.78, 5) is 33.4. The van der Waals surface area contributed by atoms with Crippen molar-refractivity contribution in [1.82, 2.24) is 0 Å². The van der Waals surface area contributed by atoms with E-state index in [2.05, 4.69) is 0 Å². The van der Waals surface area contributed by atoms with Gasteiger partial charge in [0.05, 0.1) is 13.2 Å². The zero-order chi connectivity index (χ0) is 16.5. The number of ketones is 1. The van der Waals surface area contributed by atoms with Gasteiger partial charge in [-0.25, -0.2) is 9.59 Å². The quantitative estimate of drug-likeness (QED) is 0.493. The Morgan fingerprint density at radius 2 is 1.78 bits per heavy atom. The van der Waals surface area contributed by atoms with Gasteiger partial charge in [0.1, 0.15) is 0 Å². The van der Waals surface area contributed by atoms with Gasteiger partial charge in [0, 0.05) is 5.56 Å². The van der Waals surface area contributed by atoms with E-state index in [1.807, 2.05) is 0 Å². The number of hydrogen-bond acceptors (Lipinski definition) is 7. The number of aliphatic carboxylic acids is 1. The molecule has 0 aromatic heterocycles. The largest absolute Gasteiger partial charge is 0.479 e. The van der Waals surface area contributed by atoms with Crippen LogP contribution >= 0.6 is 12.4 Å². The average Bonchev–Trinajstić information content (AvgIpc) is 2.50. The van der Waals surface area contributed by atoms with Crippen molar-refractivity contribution in [3.8, 4) is 11.5 Å². The van der Waals surface area contributed by atoms with Crippen LogP contribution in [0.4, 0.5) is 0 Å². The van der Waals surface area contributed by atoms with Gasteiger partial charge in [-0.1, -0.05) is 0 Å². The van der Waals surface area contributed by atoms with Crippen LogP contribution in [-0.4, -0.2) is 49.2 Å². The number of carboxylic acids is 1. The van der Waals surface area contributed by atoms with Crippen LogP contribution in [0.5, 0.6) is 11.5 Å². The minimum absolute atomic E-state index is 0. The fraction of sp³-hybridized carbons (Fsp3) is 0.357. The molecule has 0 heterocycles. The van der Waals surface area contributed by atoms with Crippen molar-refractivity contribution in [2.75, 3.05) is 26.4 Å². The number of esters is 1. The van der Waals surface area contributed by atoms with Crippen molar-refractivity contribution in [1.29, 1.82) is 0 Å². The maximum absolute atomic E-state index is 11.6. The number of rotatable bonds is 9. The second-order valence-electron chi connectivity index (χ2n) is 4.06. The van der Waals surface area contributed by atoms with Crippen LogP contribution in [0.1, 0.15) is 17.3 Å². The summed E-state index contributed by atoms with van der Waals surface area (Å²) in [6.07, 6.45) is 0. The van der Waals surface area contributed by atoms with Crippen molar-refractivity contribution in [3.63, 3.8) is 0 Å². The summed E-state index contributed by atoms with van der Waals surface area (Å²) in [5, 5.41) is 8.62. The monoisotopic (exact) mass is 347 g/mol. The third-order valence-electron chi connectivity index (χ3n) is 2.45. The minimum atomic E-state index is -1.17. The number of carboxylic acid groups (broad SMARTS) is 1. The molecule has 0 aliphatic carbocycles. The molecule has 0 amide bonds. The average molecular weight is 348 g/mol. The minimum Gasteiger partial charge on any atom is -0.479 e. The Balaban J connectivity index is 0.00000484. The Morgan fingerprint density at radius 3 is 2.35 bits per heavy atom. The summed E-state index contributed by atoms with van der Waals surface area (Å²) in [6.45, 7) is 0.695. The molecule has 0 bridgehead atoms. The molecule has 0 aliphatic heterocycles. The van der Waals surface area contributed by atoms with E-state index in [1.54, 1.807) is 6.92 Å². The third kappa shape index (κ3) is 6.98. The second kappa shape index (κ2) is 10.4. The first-order chi connectivity index (χ1) is 10.5. The molecule has 0 atom stereocenters. The maximum atomic E-state index is 11.6. The van der Waals surface area contributed by atoms with Crippen molar-refractivity contribution < 1.29 is 33.7 Å². The van der Waals surface area contributed by atoms with Gasteiger partial charge in [-0.15, -0.1) is 12.4 Å². The fourth-order valence-electron chi connectivity index (χ4n) is 1.51. The lowest BCUT2D eigenvalue weighted by Crippen LogP contribution is -2.17. The number of Topliss-reactive ketones (excluding diaryl/α,β-unsaturated/α-hetero) is 1. The van der Waals surface area contributed by atoms with Crippen molar-refractivity contribution in [2.45, 2.75) is 6.92 Å². The smallest absolute Gasteiger partial charge is 0.344 e. The fourth-order valence-corrected chi connectivity index (χ4v) is 1.51. The normalized spacial score (nSPS) is 9.48. The Labute approximate surface area is 138 Å². The van der Waals surface area contributed by atoms with E-state index in [9.17, 15) is 14.4 Å². The lowest BCUT2D eigenvalue weighted by molar-refractivity contribution is -0.145. The standard InChI is InChI=1S/C14H17NO7.ClH/c1-2-20-14(19)8-22-12-5-9(10(16)6-15)3-4-11(12)21-7-13(17)18;/h3-5H,2,6-8,15H2,1H3,(H,17,18);1H. The molecule has 8 nitrogen and oxygen atoms in total. The molecule has 1 aromatic carbocycles. The summed E-state index contributed by atoms with van der Waals surface area (Å²) in [6, 6.07) is 4.15. The van der Waals surface area contributed by atoms with E-state index in [0.717, 1.165) is 0 Å². The molecule has 1 rings (SSSR count). The molecule has 0 aliphatic rings. The predicted molar refractivity (Wildman–Crippen MR) is 82.3 cm³/mol. The first-order valence-corrected chi connectivity index (χ1v) is 6.48. The van der Waals surface area contributed by atoms with Gasteiger partial charge in [-0.05, 0) is 25.1 Å². The molecule has 0 saturated heterocycles. The van der Waals surface area contributed by atoms with Gasteiger partial charge >= 0.3 is 11.9 Å². The van der Waals surface area contributed by atoms with Crippen molar-refractivity contribution in [3.05, 3.63) is 23.8 Å². The Morgan fingerprint density at radius 1 is 1.13 bits per heavy atom. The van der Waals surface area contributed by atoms with E-state index >= 15 is 0 Å². The number of nitrogens with two attached hydrogens (primary N) is 1. The topological polar surface area (TPSA) is 125 Å². The second-order valence-corrected chi connectivity index (χ2v) is 4.06. The van der Waals surface area contributed by atoms with Gasteiger partial charge < -0.3 is 25.1 Å². The highest BCUT2D eigenvalue weighted by Crippen LogP contribution is 2.28. The van der Waals surface area contributed by atoms with Crippen molar-refractivity contribution in [2.24, 2.45) is 5.73 Å². The molecule has 128 valence electrons. The summed E-state index contributed by atoms with van der Waals surface area (Å²) in [5.41, 5.74) is 5.55. The van der Waals surface area contributed by atoms with E-state index in [4.69, 9.17) is 25.1 Å². The van der Waals surface area contributed by atoms with E-state index in [-0.39, 0.29) is 48.4 Å². The van der Waals surface area contributed by atoms with Crippen LogP contribution in [0.25, 0.3) is 0 Å². The van der Waals surface area contributed by atoms with E-state index in [0.29, 0.717) is 0 Å². The molecule has 3 N–H and O–H groups in total. The van der Waals surface area contributed by atoms with Gasteiger partial charge in [0.2, 0.25) is 0 Å². The van der Waals surface area contributed by atoms with Crippen LogP contribution in [0.2, 0.25) is 0 Å². The summed E-state index contributed by atoms with van der Waals surface area (Å²) in [7, 11) is 0. The highest BCUT2D eigenvalue weighted by Gasteiger charge is 2.13. The number of halogens is 1. The third-order valence-corrected chi connectivity index (χ3v) is 2.45. The van der Waals surface area contributed by atoms with Gasteiger partial charge in [-0.3, -0.25) is 4.79 Å². The number of carbonyl (C=O) groups excluding carboxylic acids is 2. The molecule has 23 heavy (non-hydrogen) atoms. The highest BCUT2D eigenvalue weighted by molar-refractivity contribution is 5.98. The number of benzene rings is 1. The molecule has 0 unspecified atom stereocenters. The van der Waals surface area contributed by atoms with Crippen LogP contribution in [0.3, 0.4) is 0 Å². The molecular formula is C14H18ClNO7. The molecule has 0 saturated carbocycles. The van der Waals surface area contributed by atoms with E-state index < -0.39 is 25.2 Å². The van der Waals surface area contributed by atoms with Gasteiger partial charge in [0.15, 0.2) is 30.5 Å². The van der Waals surface area contributed by atoms with Crippen LogP contribution in [0, 0.1) is 0 Å². The summed E-state index contributed by atoms with van der Waals surface area (Å²) >= 11 is 0. The molecule has 9 heteroatoms. The SMILES string of the molecule is CCOC(=O)COc1cc(C(=O)CN)ccc1OCC(=O)O.Cl. The van der Waals surface area contributed by atoms with Crippen LogP contribution in [0.15, 0.2) is 18.2 Å². The number of hydrogen-bond donors (Lipinski definition) is 2. The van der Waals surface area contributed by atoms with Crippen molar-refractivity contribution >= 4 is 30.1 Å². The maximum Gasteiger partial charge on any atom is 0.344 e. The van der Waals surface area contributed by atoms with Gasteiger partial charge in [-0.2, -0.15) is 0 Å². The Hall–Kier alpha value is -2.32. The zero-order valence-corrected chi connectivity index (χ0v) is 13.3. The summed E-state index contributed by atoms with van der Waals surface area (Å²) in [5.74, 6) is -1.93. The Kier molecular flexibility index (Phi) is 9.36. The molecule has 0 spiro atoms. The Bertz CT molecular complexity index is 562. The predicted octanol–water partition coefficient (Wildman–Crippen LogP) is 0.655. The lowest BCUT2D eigenvalue weighted by Gasteiger charge is -2.12. The van der Waals surface area contributed by atoms with Crippen LogP contribution in [-0.2, 0) is 14.3 Å². The molecule has 1 aromatic rings. The zero-order valence-electron chi connectivity index (χ0n) is 12.4. The highest BCUT2D eigenvalue weighted by atomic mass is 35.5. The number of carbonyl (C=O) groups is 3. The first-order valence-electron chi connectivity index (χ1n) is 6.48. The lowest BCUT2D eigenvalue weighted by atomic mass is 10.1. The first kappa shape index (κ1) is 20.7. The van der Waals surface area contributed by atoms with Crippen LogP contribution < -0.4 is 15.2 Å². The molecular weight excluding hydrogens is 330 g/mol. The summed E-state index contributed by atoms with van der Waals surface area (Å²) < 4.78 is 15.0. The molecule has 0 fully saturated rings. The molecule has 0 radical (unpaired) electrons. The number of ether oxygens (including phenoxy) is 3. The van der Waals surface area contributed by atoms with Gasteiger partial charge in [0.25, 0.3) is 0 Å².